The van der Waals surface area contributed by atoms with Gasteiger partial charge in [0, 0.05) is 7.05 Å². The van der Waals surface area contributed by atoms with Crippen LogP contribution in [0.25, 0.3) is 0 Å². The maximum atomic E-state index is 10.8. The molecular formula is C5H12N4O2. The summed E-state index contributed by atoms with van der Waals surface area (Å²) in [6.45, 7) is 1.50. The van der Waals surface area contributed by atoms with Crippen molar-refractivity contribution in [1.29, 1.82) is 0 Å². The largest absolute Gasteiger partial charge is 0.350 e. The monoisotopic (exact) mass is 160 g/mol. The first kappa shape index (κ1) is 9.70. The summed E-state index contributed by atoms with van der Waals surface area (Å²) in [5.74, 6) is -0.452. The fourth-order valence-electron chi connectivity index (χ4n) is 0.322. The number of hydrogen-bond acceptors (Lipinski definition) is 3. The summed E-state index contributed by atoms with van der Waals surface area (Å²) < 4.78 is 0. The lowest BCUT2D eigenvalue weighted by Gasteiger charge is -2.16. The molecule has 0 aliphatic heterocycles. The average Bonchev–Trinajstić information content (AvgIpc) is 1.87. The quantitative estimate of drug-likeness (QED) is 0.401. The highest BCUT2D eigenvalue weighted by atomic mass is 16.2. The zero-order valence-corrected chi connectivity index (χ0v) is 6.50. The lowest BCUT2D eigenvalue weighted by molar-refractivity contribution is -0.125. The maximum Gasteiger partial charge on any atom is 0.333 e. The highest BCUT2D eigenvalue weighted by Gasteiger charge is 2.10. The van der Waals surface area contributed by atoms with Crippen LogP contribution in [-0.2, 0) is 4.79 Å². The number of carbonyl (C=O) groups is 2. The molecule has 1 atom stereocenters. The van der Waals surface area contributed by atoms with Crippen LogP contribution in [0.1, 0.15) is 6.92 Å². The van der Waals surface area contributed by atoms with Crippen LogP contribution in [0.2, 0.25) is 0 Å². The lowest BCUT2D eigenvalue weighted by Crippen LogP contribution is -2.50. The number of amides is 3. The van der Waals surface area contributed by atoms with Crippen molar-refractivity contribution >= 4 is 11.9 Å². The van der Waals surface area contributed by atoms with Crippen LogP contribution in [0, 0.1) is 0 Å². The number of hydrazine groups is 1. The van der Waals surface area contributed by atoms with E-state index in [-0.39, 0.29) is 0 Å². The van der Waals surface area contributed by atoms with Crippen molar-refractivity contribution in [3.8, 4) is 0 Å². The van der Waals surface area contributed by atoms with Gasteiger partial charge in [-0.25, -0.2) is 9.80 Å². The van der Waals surface area contributed by atoms with Crippen LogP contribution in [0.5, 0.6) is 0 Å². The minimum Gasteiger partial charge on any atom is -0.350 e. The van der Waals surface area contributed by atoms with E-state index in [2.05, 4.69) is 5.43 Å². The van der Waals surface area contributed by atoms with E-state index < -0.39 is 18.0 Å². The second-order valence-corrected chi connectivity index (χ2v) is 2.16. The Kier molecular flexibility index (Phi) is 3.32. The number of urea groups is 1. The second-order valence-electron chi connectivity index (χ2n) is 2.16. The zero-order chi connectivity index (χ0) is 9.02. The molecule has 0 radical (unpaired) electrons. The summed E-state index contributed by atoms with van der Waals surface area (Å²) in [5.41, 5.74) is 12.2. The van der Waals surface area contributed by atoms with Crippen LogP contribution < -0.4 is 16.9 Å². The predicted octanol–water partition coefficient (Wildman–Crippen LogP) is -1.62. The number of hydrogen-bond donors (Lipinski definition) is 3. The number of nitrogens with one attached hydrogen (secondary N) is 1. The third-order valence-electron chi connectivity index (χ3n) is 1.02. The Morgan fingerprint density at radius 2 is 2.00 bits per heavy atom. The number of primary amides is 1. The smallest absolute Gasteiger partial charge is 0.333 e. The van der Waals surface area contributed by atoms with Gasteiger partial charge in [-0.3, -0.25) is 10.2 Å². The van der Waals surface area contributed by atoms with Gasteiger partial charge < -0.3 is 11.5 Å². The third kappa shape index (κ3) is 3.41. The van der Waals surface area contributed by atoms with Crippen molar-refractivity contribution in [3.05, 3.63) is 0 Å². The summed E-state index contributed by atoms with van der Waals surface area (Å²) in [5, 5.41) is 0.867. The molecule has 0 spiro atoms. The van der Waals surface area contributed by atoms with E-state index in [0.29, 0.717) is 0 Å². The molecule has 6 nitrogen and oxygen atoms in total. The van der Waals surface area contributed by atoms with E-state index >= 15 is 0 Å². The van der Waals surface area contributed by atoms with Gasteiger partial charge in [-0.1, -0.05) is 0 Å². The lowest BCUT2D eigenvalue weighted by atomic mass is 10.3. The molecule has 0 aromatic carbocycles. The molecule has 64 valence electrons. The Bertz CT molecular complexity index is 168. The first-order valence-corrected chi connectivity index (χ1v) is 3.04. The molecular weight excluding hydrogens is 148 g/mol. The van der Waals surface area contributed by atoms with Crippen molar-refractivity contribution < 1.29 is 9.59 Å². The predicted molar refractivity (Wildman–Crippen MR) is 39.1 cm³/mol. The van der Waals surface area contributed by atoms with Gasteiger partial charge in [0.15, 0.2) is 0 Å². The van der Waals surface area contributed by atoms with E-state index in [1.54, 1.807) is 0 Å². The van der Waals surface area contributed by atoms with Crippen molar-refractivity contribution in [2.45, 2.75) is 13.0 Å². The molecule has 0 rings (SSSR count). The highest BCUT2D eigenvalue weighted by molar-refractivity contribution is 5.83. The van der Waals surface area contributed by atoms with Gasteiger partial charge in [0.05, 0.1) is 6.04 Å². The standard InChI is InChI=1S/C5H12N4O2/c1-3(6)4(10)8-9(2)5(7)11/h3H,6H2,1-2H3,(H2,7,11)(H,8,10). The molecule has 0 aromatic rings. The molecule has 0 saturated heterocycles. The van der Waals surface area contributed by atoms with Crippen LogP contribution >= 0.6 is 0 Å². The molecule has 0 aliphatic rings. The van der Waals surface area contributed by atoms with Gasteiger partial charge in [0.2, 0.25) is 0 Å². The summed E-state index contributed by atoms with van der Waals surface area (Å²) >= 11 is 0. The Hall–Kier alpha value is -1.30. The van der Waals surface area contributed by atoms with Crippen molar-refractivity contribution in [2.75, 3.05) is 7.05 Å². The molecule has 0 bridgehead atoms. The van der Waals surface area contributed by atoms with Crippen LogP contribution in [0.4, 0.5) is 4.79 Å². The molecule has 1 unspecified atom stereocenters. The number of rotatable bonds is 1. The average molecular weight is 160 g/mol. The van der Waals surface area contributed by atoms with Crippen LogP contribution in [-0.4, -0.2) is 30.0 Å². The minimum absolute atomic E-state index is 0.452. The zero-order valence-electron chi connectivity index (χ0n) is 6.50. The van der Waals surface area contributed by atoms with Gasteiger partial charge in [-0.05, 0) is 6.92 Å². The van der Waals surface area contributed by atoms with Gasteiger partial charge in [-0.15, -0.1) is 0 Å². The molecule has 0 fully saturated rings. The summed E-state index contributed by atoms with van der Waals surface area (Å²) in [6.07, 6.45) is 0. The van der Waals surface area contributed by atoms with E-state index in [0.717, 1.165) is 5.01 Å². The Morgan fingerprint density at radius 3 is 2.27 bits per heavy atom. The topological polar surface area (TPSA) is 101 Å². The third-order valence-corrected chi connectivity index (χ3v) is 1.02. The molecule has 6 heteroatoms. The Balaban J connectivity index is 3.85. The van der Waals surface area contributed by atoms with Crippen molar-refractivity contribution in [2.24, 2.45) is 11.5 Å². The minimum atomic E-state index is -0.737. The van der Waals surface area contributed by atoms with Gasteiger partial charge in [0.1, 0.15) is 0 Å². The highest BCUT2D eigenvalue weighted by Crippen LogP contribution is 1.78. The van der Waals surface area contributed by atoms with Crippen LogP contribution in [0.3, 0.4) is 0 Å². The van der Waals surface area contributed by atoms with Gasteiger partial charge >= 0.3 is 6.03 Å². The Labute approximate surface area is 64.5 Å². The molecule has 0 aromatic heterocycles. The number of nitrogens with two attached hydrogens (primary N) is 2. The summed E-state index contributed by atoms with van der Waals surface area (Å²) in [7, 11) is 1.34. The first-order chi connectivity index (χ1) is 4.95. The second kappa shape index (κ2) is 3.77. The number of carbonyl (C=O) groups excluding carboxylic acids is 2. The van der Waals surface area contributed by atoms with E-state index in [1.807, 2.05) is 0 Å². The molecule has 11 heavy (non-hydrogen) atoms. The molecule has 0 heterocycles. The van der Waals surface area contributed by atoms with Crippen molar-refractivity contribution in [1.82, 2.24) is 10.4 Å². The van der Waals surface area contributed by atoms with Crippen molar-refractivity contribution in [3.63, 3.8) is 0 Å². The fourth-order valence-corrected chi connectivity index (χ4v) is 0.322. The SMILES string of the molecule is CC(N)C(=O)NN(C)C(N)=O. The fraction of sp³-hybridized carbons (Fsp3) is 0.600. The summed E-state index contributed by atoms with van der Waals surface area (Å²) in [6, 6.07) is -1.39. The first-order valence-electron chi connectivity index (χ1n) is 3.04. The molecule has 0 aliphatic carbocycles. The molecule has 5 N–H and O–H groups in total. The number of nitrogens with zero attached hydrogens (tertiary/aromatic N) is 1. The molecule has 3 amide bonds. The van der Waals surface area contributed by atoms with Gasteiger partial charge in [-0.2, -0.15) is 0 Å². The van der Waals surface area contributed by atoms with E-state index in [1.165, 1.54) is 14.0 Å². The summed E-state index contributed by atoms with van der Waals surface area (Å²) in [4.78, 5) is 21.1. The Morgan fingerprint density at radius 1 is 1.55 bits per heavy atom. The van der Waals surface area contributed by atoms with Crippen LogP contribution in [0.15, 0.2) is 0 Å². The molecule has 0 saturated carbocycles. The van der Waals surface area contributed by atoms with E-state index in [9.17, 15) is 9.59 Å². The maximum absolute atomic E-state index is 10.8. The van der Waals surface area contributed by atoms with Gasteiger partial charge in [0.25, 0.3) is 5.91 Å². The normalized spacial score (nSPS) is 11.9. The van der Waals surface area contributed by atoms with E-state index in [4.69, 9.17) is 11.5 Å².